The SMILES string of the molecule is CNC(=O)CCNCC(=O)NC1CC1. The van der Waals surface area contributed by atoms with E-state index in [9.17, 15) is 9.59 Å². The minimum atomic E-state index is -0.0138. The molecule has 0 saturated heterocycles. The summed E-state index contributed by atoms with van der Waals surface area (Å²) in [5.41, 5.74) is 0. The van der Waals surface area contributed by atoms with Crippen LogP contribution in [0.15, 0.2) is 0 Å². The molecule has 80 valence electrons. The lowest BCUT2D eigenvalue weighted by Gasteiger charge is -2.04. The Morgan fingerprint density at radius 3 is 2.57 bits per heavy atom. The van der Waals surface area contributed by atoms with Crippen LogP contribution >= 0.6 is 0 Å². The maximum atomic E-state index is 11.1. The van der Waals surface area contributed by atoms with Gasteiger partial charge in [-0.3, -0.25) is 9.59 Å². The number of nitrogens with one attached hydrogen (secondary N) is 3. The van der Waals surface area contributed by atoms with E-state index in [0.717, 1.165) is 12.8 Å². The molecule has 1 aliphatic rings. The third kappa shape index (κ3) is 4.81. The van der Waals surface area contributed by atoms with E-state index in [0.29, 0.717) is 25.6 Å². The van der Waals surface area contributed by atoms with Crippen molar-refractivity contribution in [1.82, 2.24) is 16.0 Å². The van der Waals surface area contributed by atoms with Crippen molar-refractivity contribution in [2.75, 3.05) is 20.1 Å². The van der Waals surface area contributed by atoms with Crippen molar-refractivity contribution >= 4 is 11.8 Å². The van der Waals surface area contributed by atoms with E-state index in [1.54, 1.807) is 7.05 Å². The van der Waals surface area contributed by atoms with Crippen LogP contribution in [0.3, 0.4) is 0 Å². The first-order chi connectivity index (χ1) is 6.72. The molecule has 0 aromatic heterocycles. The normalized spacial score (nSPS) is 14.9. The molecule has 1 saturated carbocycles. The van der Waals surface area contributed by atoms with Crippen LogP contribution in [0.5, 0.6) is 0 Å². The van der Waals surface area contributed by atoms with Crippen molar-refractivity contribution in [1.29, 1.82) is 0 Å². The molecule has 2 amide bonds. The molecule has 0 heterocycles. The van der Waals surface area contributed by atoms with Crippen LogP contribution in [0.2, 0.25) is 0 Å². The van der Waals surface area contributed by atoms with Gasteiger partial charge in [0.15, 0.2) is 0 Å². The van der Waals surface area contributed by atoms with Gasteiger partial charge in [0.05, 0.1) is 6.54 Å². The molecule has 0 radical (unpaired) electrons. The zero-order valence-electron chi connectivity index (χ0n) is 8.43. The summed E-state index contributed by atoms with van der Waals surface area (Å²) in [4.78, 5) is 21.9. The van der Waals surface area contributed by atoms with Crippen LogP contribution in [-0.4, -0.2) is 38.0 Å². The topological polar surface area (TPSA) is 70.2 Å². The van der Waals surface area contributed by atoms with Crippen LogP contribution in [0.4, 0.5) is 0 Å². The molecule has 0 aromatic carbocycles. The summed E-state index contributed by atoms with van der Waals surface area (Å²) in [6, 6.07) is 0.406. The summed E-state index contributed by atoms with van der Waals surface area (Å²) >= 11 is 0. The largest absolute Gasteiger partial charge is 0.359 e. The molecule has 0 aromatic rings. The summed E-state index contributed by atoms with van der Waals surface area (Å²) in [5, 5.41) is 8.28. The number of rotatable bonds is 6. The molecule has 0 spiro atoms. The molecule has 1 aliphatic carbocycles. The molecule has 1 rings (SSSR count). The smallest absolute Gasteiger partial charge is 0.234 e. The van der Waals surface area contributed by atoms with Gasteiger partial charge in [-0.15, -0.1) is 0 Å². The second kappa shape index (κ2) is 5.59. The Hall–Kier alpha value is -1.10. The van der Waals surface area contributed by atoms with E-state index in [4.69, 9.17) is 0 Å². The number of carbonyl (C=O) groups excluding carboxylic acids is 2. The summed E-state index contributed by atoms with van der Waals surface area (Å²) in [7, 11) is 1.60. The molecule has 0 unspecified atom stereocenters. The van der Waals surface area contributed by atoms with Gasteiger partial charge in [0, 0.05) is 26.1 Å². The van der Waals surface area contributed by atoms with E-state index in [1.165, 1.54) is 0 Å². The molecule has 1 fully saturated rings. The van der Waals surface area contributed by atoms with Gasteiger partial charge in [-0.25, -0.2) is 0 Å². The molecule has 5 heteroatoms. The molecule has 14 heavy (non-hydrogen) atoms. The first kappa shape index (κ1) is 11.0. The van der Waals surface area contributed by atoms with Crippen LogP contribution in [0, 0.1) is 0 Å². The highest BCUT2D eigenvalue weighted by atomic mass is 16.2. The highest BCUT2D eigenvalue weighted by Gasteiger charge is 2.22. The van der Waals surface area contributed by atoms with E-state index < -0.39 is 0 Å². The Morgan fingerprint density at radius 1 is 1.29 bits per heavy atom. The first-order valence-corrected chi connectivity index (χ1v) is 4.93. The standard InChI is InChI=1S/C9H17N3O2/c1-10-8(13)4-5-11-6-9(14)12-7-2-3-7/h7,11H,2-6H2,1H3,(H,10,13)(H,12,14). The molecular formula is C9H17N3O2. The highest BCUT2D eigenvalue weighted by Crippen LogP contribution is 2.17. The fourth-order valence-corrected chi connectivity index (χ4v) is 1.04. The zero-order valence-corrected chi connectivity index (χ0v) is 8.43. The molecule has 5 nitrogen and oxygen atoms in total. The van der Waals surface area contributed by atoms with Gasteiger partial charge in [0.25, 0.3) is 0 Å². The summed E-state index contributed by atoms with van der Waals surface area (Å²) in [6.07, 6.45) is 2.61. The lowest BCUT2D eigenvalue weighted by Crippen LogP contribution is -2.36. The van der Waals surface area contributed by atoms with Gasteiger partial charge in [-0.05, 0) is 12.8 Å². The Kier molecular flexibility index (Phi) is 4.39. The number of amides is 2. The molecule has 0 aliphatic heterocycles. The highest BCUT2D eigenvalue weighted by molar-refractivity contribution is 5.79. The molecular weight excluding hydrogens is 182 g/mol. The minimum Gasteiger partial charge on any atom is -0.359 e. The Labute approximate surface area is 83.6 Å². The minimum absolute atomic E-state index is 0.0138. The third-order valence-corrected chi connectivity index (χ3v) is 2.04. The Bertz CT molecular complexity index is 214. The van der Waals surface area contributed by atoms with Crippen molar-refractivity contribution in [2.45, 2.75) is 25.3 Å². The molecule has 3 N–H and O–H groups in total. The number of carbonyl (C=O) groups is 2. The fourth-order valence-electron chi connectivity index (χ4n) is 1.04. The maximum absolute atomic E-state index is 11.1. The van der Waals surface area contributed by atoms with Crippen LogP contribution < -0.4 is 16.0 Å². The monoisotopic (exact) mass is 199 g/mol. The lowest BCUT2D eigenvalue weighted by atomic mass is 10.4. The van der Waals surface area contributed by atoms with Crippen LogP contribution in [0.1, 0.15) is 19.3 Å². The fraction of sp³-hybridized carbons (Fsp3) is 0.778. The van der Waals surface area contributed by atoms with Crippen LogP contribution in [0.25, 0.3) is 0 Å². The number of hydrogen-bond donors (Lipinski definition) is 3. The van der Waals surface area contributed by atoms with E-state index in [2.05, 4.69) is 16.0 Å². The van der Waals surface area contributed by atoms with Gasteiger partial charge in [-0.2, -0.15) is 0 Å². The first-order valence-electron chi connectivity index (χ1n) is 4.93. The van der Waals surface area contributed by atoms with Gasteiger partial charge < -0.3 is 16.0 Å². The van der Waals surface area contributed by atoms with E-state index in [1.807, 2.05) is 0 Å². The quantitative estimate of drug-likeness (QED) is 0.480. The van der Waals surface area contributed by atoms with Crippen molar-refractivity contribution in [3.8, 4) is 0 Å². The van der Waals surface area contributed by atoms with Gasteiger partial charge in [-0.1, -0.05) is 0 Å². The van der Waals surface area contributed by atoms with Gasteiger partial charge in [0.2, 0.25) is 11.8 Å². The average Bonchev–Trinajstić information content (AvgIpc) is 2.95. The summed E-state index contributed by atoms with van der Waals surface area (Å²) in [5.74, 6) is 0.00417. The summed E-state index contributed by atoms with van der Waals surface area (Å²) < 4.78 is 0. The molecule has 0 atom stereocenters. The van der Waals surface area contributed by atoms with Crippen molar-refractivity contribution in [2.24, 2.45) is 0 Å². The second-order valence-electron chi connectivity index (χ2n) is 3.44. The average molecular weight is 199 g/mol. The maximum Gasteiger partial charge on any atom is 0.234 e. The number of hydrogen-bond acceptors (Lipinski definition) is 3. The van der Waals surface area contributed by atoms with E-state index >= 15 is 0 Å². The third-order valence-electron chi connectivity index (χ3n) is 2.04. The second-order valence-corrected chi connectivity index (χ2v) is 3.44. The lowest BCUT2D eigenvalue weighted by molar-refractivity contribution is -0.122. The molecule has 0 bridgehead atoms. The predicted octanol–water partition coefficient (Wildman–Crippen LogP) is -1.01. The van der Waals surface area contributed by atoms with Crippen LogP contribution in [-0.2, 0) is 9.59 Å². The Balaban J connectivity index is 1.91. The zero-order chi connectivity index (χ0) is 10.4. The van der Waals surface area contributed by atoms with Crippen molar-refractivity contribution in [3.05, 3.63) is 0 Å². The van der Waals surface area contributed by atoms with Crippen molar-refractivity contribution < 1.29 is 9.59 Å². The predicted molar refractivity (Wildman–Crippen MR) is 52.7 cm³/mol. The van der Waals surface area contributed by atoms with E-state index in [-0.39, 0.29) is 11.8 Å². The Morgan fingerprint density at radius 2 is 2.00 bits per heavy atom. The van der Waals surface area contributed by atoms with Crippen molar-refractivity contribution in [3.63, 3.8) is 0 Å². The van der Waals surface area contributed by atoms with Gasteiger partial charge in [0.1, 0.15) is 0 Å². The van der Waals surface area contributed by atoms with Gasteiger partial charge >= 0.3 is 0 Å². The summed E-state index contributed by atoms with van der Waals surface area (Å²) in [6.45, 7) is 0.839.